The fourth-order valence-corrected chi connectivity index (χ4v) is 3.41. The lowest BCUT2D eigenvalue weighted by Gasteiger charge is -2.28. The Kier molecular flexibility index (Phi) is 5.38. The molecule has 1 aliphatic rings. The summed E-state index contributed by atoms with van der Waals surface area (Å²) in [5.41, 5.74) is 8.86. The van der Waals surface area contributed by atoms with Gasteiger partial charge in [0, 0.05) is 31.0 Å². The van der Waals surface area contributed by atoms with Crippen LogP contribution in [0.15, 0.2) is 48.9 Å². The Morgan fingerprint density at radius 1 is 1.00 bits per heavy atom. The van der Waals surface area contributed by atoms with Gasteiger partial charge in [0.2, 0.25) is 5.95 Å². The van der Waals surface area contributed by atoms with Gasteiger partial charge in [-0.15, -0.1) is 5.10 Å². The van der Waals surface area contributed by atoms with Gasteiger partial charge in [-0.3, -0.25) is 0 Å². The predicted octanol–water partition coefficient (Wildman–Crippen LogP) is 1.72. The Morgan fingerprint density at radius 2 is 1.77 bits per heavy atom. The standard InChI is InChI=1S/C21H22N8O2/c22-21-23-10-16(11-24-21)17-12-29-20(19(25-17)28-6-8-30-9-7-28)26-18(27-29)14-31-13-15-4-2-1-3-5-15/h1-5,10-12H,6-9,13-14H2,(H2,22,23,24). The molecule has 0 saturated carbocycles. The second-order valence-electron chi connectivity index (χ2n) is 7.15. The fourth-order valence-electron chi connectivity index (χ4n) is 3.41. The Morgan fingerprint density at radius 3 is 2.55 bits per heavy atom. The lowest BCUT2D eigenvalue weighted by molar-refractivity contribution is 0.102. The number of ether oxygens (including phenoxy) is 2. The Balaban J connectivity index is 1.46. The third kappa shape index (κ3) is 4.30. The molecule has 0 amide bonds. The molecule has 1 aliphatic heterocycles. The van der Waals surface area contributed by atoms with Crippen LogP contribution in [0.2, 0.25) is 0 Å². The van der Waals surface area contributed by atoms with Crippen LogP contribution >= 0.6 is 0 Å². The van der Waals surface area contributed by atoms with Crippen LogP contribution in [0.1, 0.15) is 11.4 Å². The highest BCUT2D eigenvalue weighted by atomic mass is 16.5. The van der Waals surface area contributed by atoms with Crippen LogP contribution in [0.5, 0.6) is 0 Å². The summed E-state index contributed by atoms with van der Waals surface area (Å²) in [6.45, 7) is 3.56. The molecule has 0 radical (unpaired) electrons. The van der Waals surface area contributed by atoms with E-state index in [0.29, 0.717) is 43.6 Å². The number of nitrogens with two attached hydrogens (primary N) is 1. The first-order valence-electron chi connectivity index (χ1n) is 10.0. The minimum atomic E-state index is 0.219. The smallest absolute Gasteiger partial charge is 0.219 e. The van der Waals surface area contributed by atoms with Crippen LogP contribution in [0.3, 0.4) is 0 Å². The number of fused-ring (bicyclic) bond motifs is 1. The van der Waals surface area contributed by atoms with Gasteiger partial charge in [-0.25, -0.2) is 24.5 Å². The van der Waals surface area contributed by atoms with Crippen molar-refractivity contribution in [2.24, 2.45) is 0 Å². The summed E-state index contributed by atoms with van der Waals surface area (Å²) in [6.07, 6.45) is 5.13. The first kappa shape index (κ1) is 19.3. The minimum absolute atomic E-state index is 0.219. The Labute approximate surface area is 178 Å². The zero-order chi connectivity index (χ0) is 21.0. The Bertz CT molecular complexity index is 1160. The predicted molar refractivity (Wildman–Crippen MR) is 114 cm³/mol. The SMILES string of the molecule is Nc1ncc(-c2cn3nc(COCc4ccccc4)nc3c(N3CCOCC3)n2)cn1. The van der Waals surface area contributed by atoms with E-state index in [1.807, 2.05) is 36.5 Å². The summed E-state index contributed by atoms with van der Waals surface area (Å²) >= 11 is 0. The van der Waals surface area contributed by atoms with Crippen molar-refractivity contribution in [1.29, 1.82) is 0 Å². The van der Waals surface area contributed by atoms with E-state index in [2.05, 4.69) is 20.0 Å². The number of hydrogen-bond donors (Lipinski definition) is 1. The highest BCUT2D eigenvalue weighted by Crippen LogP contribution is 2.24. The highest BCUT2D eigenvalue weighted by Gasteiger charge is 2.20. The maximum absolute atomic E-state index is 5.82. The van der Waals surface area contributed by atoms with Crippen molar-refractivity contribution in [2.75, 3.05) is 36.9 Å². The van der Waals surface area contributed by atoms with Crippen LogP contribution in [-0.2, 0) is 22.7 Å². The molecule has 2 N–H and O–H groups in total. The monoisotopic (exact) mass is 418 g/mol. The number of rotatable bonds is 6. The molecule has 4 heterocycles. The van der Waals surface area contributed by atoms with Gasteiger partial charge in [-0.05, 0) is 5.56 Å². The van der Waals surface area contributed by atoms with Crippen molar-refractivity contribution >= 4 is 17.4 Å². The molecule has 10 nitrogen and oxygen atoms in total. The number of morpholine rings is 1. The van der Waals surface area contributed by atoms with E-state index >= 15 is 0 Å². The quantitative estimate of drug-likeness (QED) is 0.499. The maximum atomic E-state index is 5.82. The summed E-state index contributed by atoms with van der Waals surface area (Å²) in [5, 5.41) is 4.62. The molecular weight excluding hydrogens is 396 g/mol. The molecule has 1 saturated heterocycles. The molecular formula is C21H22N8O2. The second kappa shape index (κ2) is 8.62. The largest absolute Gasteiger partial charge is 0.378 e. The van der Waals surface area contributed by atoms with Crippen LogP contribution in [-0.4, -0.2) is 55.9 Å². The third-order valence-electron chi connectivity index (χ3n) is 4.97. The lowest BCUT2D eigenvalue weighted by atomic mass is 10.2. The van der Waals surface area contributed by atoms with Crippen molar-refractivity contribution in [3.05, 3.63) is 60.3 Å². The van der Waals surface area contributed by atoms with Crippen molar-refractivity contribution in [1.82, 2.24) is 29.5 Å². The van der Waals surface area contributed by atoms with E-state index in [1.165, 1.54) is 0 Å². The summed E-state index contributed by atoms with van der Waals surface area (Å²) in [5.74, 6) is 1.56. The van der Waals surface area contributed by atoms with Crippen molar-refractivity contribution < 1.29 is 9.47 Å². The summed E-state index contributed by atoms with van der Waals surface area (Å²) in [6, 6.07) is 10.0. The summed E-state index contributed by atoms with van der Waals surface area (Å²) in [7, 11) is 0. The molecule has 3 aromatic heterocycles. The van der Waals surface area contributed by atoms with Gasteiger partial charge in [-0.1, -0.05) is 30.3 Å². The number of nitrogens with zero attached hydrogens (tertiary/aromatic N) is 7. The Hall–Kier alpha value is -3.63. The molecule has 158 valence electrons. The van der Waals surface area contributed by atoms with Gasteiger partial charge >= 0.3 is 0 Å². The van der Waals surface area contributed by atoms with E-state index in [-0.39, 0.29) is 5.95 Å². The topological polar surface area (TPSA) is 117 Å². The first-order chi connectivity index (χ1) is 15.3. The van der Waals surface area contributed by atoms with Crippen molar-refractivity contribution in [3.63, 3.8) is 0 Å². The molecule has 10 heteroatoms. The molecule has 4 aromatic rings. The molecule has 0 atom stereocenters. The lowest BCUT2D eigenvalue weighted by Crippen LogP contribution is -2.37. The van der Waals surface area contributed by atoms with Gasteiger partial charge in [0.05, 0.1) is 31.7 Å². The van der Waals surface area contributed by atoms with Crippen LogP contribution in [0, 0.1) is 0 Å². The average molecular weight is 418 g/mol. The second-order valence-corrected chi connectivity index (χ2v) is 7.15. The highest BCUT2D eigenvalue weighted by molar-refractivity contribution is 5.69. The van der Waals surface area contributed by atoms with Crippen LogP contribution in [0.25, 0.3) is 16.9 Å². The molecule has 0 unspecified atom stereocenters. The van der Waals surface area contributed by atoms with E-state index in [1.54, 1.807) is 16.9 Å². The number of nitrogen functional groups attached to an aromatic ring is 1. The maximum Gasteiger partial charge on any atom is 0.219 e. The minimum Gasteiger partial charge on any atom is -0.378 e. The fraction of sp³-hybridized carbons (Fsp3) is 0.286. The zero-order valence-corrected chi connectivity index (χ0v) is 16.9. The normalized spacial score (nSPS) is 14.3. The number of aromatic nitrogens is 6. The molecule has 0 bridgehead atoms. The summed E-state index contributed by atoms with van der Waals surface area (Å²) < 4.78 is 13.1. The number of anilines is 2. The molecule has 0 spiro atoms. The molecule has 5 rings (SSSR count). The van der Waals surface area contributed by atoms with Gasteiger partial charge in [-0.2, -0.15) is 0 Å². The number of hydrogen-bond acceptors (Lipinski definition) is 9. The van der Waals surface area contributed by atoms with E-state index in [0.717, 1.165) is 30.0 Å². The average Bonchev–Trinajstić information content (AvgIpc) is 3.23. The third-order valence-corrected chi connectivity index (χ3v) is 4.97. The van der Waals surface area contributed by atoms with Crippen LogP contribution < -0.4 is 10.6 Å². The molecule has 1 fully saturated rings. The van der Waals surface area contributed by atoms with Gasteiger partial charge in [0.25, 0.3) is 0 Å². The van der Waals surface area contributed by atoms with Gasteiger partial charge < -0.3 is 20.1 Å². The van der Waals surface area contributed by atoms with Gasteiger partial charge in [0.15, 0.2) is 17.3 Å². The molecule has 1 aromatic carbocycles. The zero-order valence-electron chi connectivity index (χ0n) is 16.9. The van der Waals surface area contributed by atoms with Crippen molar-refractivity contribution in [3.8, 4) is 11.3 Å². The first-order valence-corrected chi connectivity index (χ1v) is 10.0. The summed E-state index contributed by atoms with van der Waals surface area (Å²) in [4.78, 5) is 19.9. The van der Waals surface area contributed by atoms with Gasteiger partial charge in [0.1, 0.15) is 6.61 Å². The molecule has 31 heavy (non-hydrogen) atoms. The van der Waals surface area contributed by atoms with Crippen molar-refractivity contribution in [2.45, 2.75) is 13.2 Å². The molecule has 0 aliphatic carbocycles. The van der Waals surface area contributed by atoms with Crippen LogP contribution in [0.4, 0.5) is 11.8 Å². The van der Waals surface area contributed by atoms with E-state index in [9.17, 15) is 0 Å². The van der Waals surface area contributed by atoms with E-state index < -0.39 is 0 Å². The number of benzene rings is 1. The van der Waals surface area contributed by atoms with E-state index in [4.69, 9.17) is 25.2 Å².